The summed E-state index contributed by atoms with van der Waals surface area (Å²) in [6.07, 6.45) is 0. The smallest absolute Gasteiger partial charge is 0.357 e. The molecule has 1 aromatic heterocycles. The van der Waals surface area contributed by atoms with Crippen molar-refractivity contribution in [2.45, 2.75) is 19.4 Å². The molecular formula is C11H19N3O2S. The topological polar surface area (TPSA) is 54.5 Å². The fourth-order valence-corrected chi connectivity index (χ4v) is 1.68. The van der Waals surface area contributed by atoms with Crippen LogP contribution in [-0.2, 0) is 4.74 Å². The van der Waals surface area contributed by atoms with Crippen molar-refractivity contribution in [3.8, 4) is 0 Å². The number of thiazole rings is 1. The summed E-state index contributed by atoms with van der Waals surface area (Å²) in [5.74, 6) is -0.402. The minimum atomic E-state index is -0.402. The number of anilines is 1. The summed E-state index contributed by atoms with van der Waals surface area (Å²) in [7, 11) is 5.41. The summed E-state index contributed by atoms with van der Waals surface area (Å²) >= 11 is 1.40. The number of esters is 1. The van der Waals surface area contributed by atoms with E-state index in [4.69, 9.17) is 0 Å². The van der Waals surface area contributed by atoms with E-state index in [2.05, 4.69) is 33.8 Å². The zero-order chi connectivity index (χ0) is 13.1. The highest BCUT2D eigenvalue weighted by Crippen LogP contribution is 2.18. The molecule has 17 heavy (non-hydrogen) atoms. The largest absolute Gasteiger partial charge is 0.464 e. The molecule has 0 aromatic carbocycles. The second-order valence-corrected chi connectivity index (χ2v) is 5.45. The zero-order valence-electron chi connectivity index (χ0n) is 10.9. The maximum absolute atomic E-state index is 11.2. The molecule has 1 N–H and O–H groups in total. The van der Waals surface area contributed by atoms with Crippen LogP contribution in [0.1, 0.15) is 24.3 Å². The van der Waals surface area contributed by atoms with Crippen LogP contribution in [0.15, 0.2) is 5.38 Å². The van der Waals surface area contributed by atoms with E-state index < -0.39 is 5.97 Å². The van der Waals surface area contributed by atoms with Crippen LogP contribution in [0.4, 0.5) is 5.13 Å². The number of carbonyl (C=O) groups excluding carboxylic acids is 1. The number of nitrogens with one attached hydrogen (secondary N) is 1. The Hall–Kier alpha value is -1.14. The van der Waals surface area contributed by atoms with Crippen molar-refractivity contribution in [1.82, 2.24) is 9.88 Å². The van der Waals surface area contributed by atoms with E-state index in [9.17, 15) is 4.79 Å². The average molecular weight is 257 g/mol. The molecular weight excluding hydrogens is 238 g/mol. The van der Waals surface area contributed by atoms with Gasteiger partial charge in [-0.15, -0.1) is 11.3 Å². The van der Waals surface area contributed by atoms with Crippen LogP contribution in [0, 0.1) is 0 Å². The van der Waals surface area contributed by atoms with E-state index in [0.717, 1.165) is 11.7 Å². The molecule has 0 atom stereocenters. The van der Waals surface area contributed by atoms with Crippen LogP contribution < -0.4 is 5.32 Å². The number of carbonyl (C=O) groups is 1. The fourth-order valence-electron chi connectivity index (χ4n) is 1.00. The maximum Gasteiger partial charge on any atom is 0.357 e. The van der Waals surface area contributed by atoms with Crippen molar-refractivity contribution < 1.29 is 9.53 Å². The lowest BCUT2D eigenvalue weighted by molar-refractivity contribution is 0.0595. The number of hydrogen-bond acceptors (Lipinski definition) is 6. The van der Waals surface area contributed by atoms with Crippen LogP contribution in [0.3, 0.4) is 0 Å². The van der Waals surface area contributed by atoms with Crippen molar-refractivity contribution in [2.24, 2.45) is 0 Å². The Morgan fingerprint density at radius 2 is 2.24 bits per heavy atom. The summed E-state index contributed by atoms with van der Waals surface area (Å²) < 4.78 is 4.60. The highest BCUT2D eigenvalue weighted by molar-refractivity contribution is 7.13. The Morgan fingerprint density at radius 3 is 2.76 bits per heavy atom. The minimum absolute atomic E-state index is 0.0249. The van der Waals surface area contributed by atoms with E-state index in [1.165, 1.54) is 18.4 Å². The Labute approximate surface area is 106 Å². The van der Waals surface area contributed by atoms with Gasteiger partial charge in [-0.2, -0.15) is 0 Å². The molecule has 0 radical (unpaired) electrons. The van der Waals surface area contributed by atoms with Gasteiger partial charge in [-0.25, -0.2) is 9.78 Å². The Bertz CT molecular complexity index is 388. The first-order valence-corrected chi connectivity index (χ1v) is 6.20. The number of likely N-dealkylation sites (N-methyl/N-ethyl adjacent to an activating group) is 1. The molecule has 0 saturated heterocycles. The molecule has 0 saturated carbocycles. The van der Waals surface area contributed by atoms with Gasteiger partial charge >= 0.3 is 5.97 Å². The quantitative estimate of drug-likeness (QED) is 0.813. The molecule has 0 unspecified atom stereocenters. The van der Waals surface area contributed by atoms with Gasteiger partial charge in [0.15, 0.2) is 10.8 Å². The molecule has 1 rings (SSSR count). The summed E-state index contributed by atoms with van der Waals surface area (Å²) in [5, 5.41) is 5.65. The maximum atomic E-state index is 11.2. The lowest BCUT2D eigenvalue weighted by Gasteiger charge is -2.32. The monoisotopic (exact) mass is 257 g/mol. The number of nitrogens with zero attached hydrogens (tertiary/aromatic N) is 2. The fraction of sp³-hybridized carbons (Fsp3) is 0.636. The lowest BCUT2D eigenvalue weighted by atomic mass is 10.1. The number of rotatable bonds is 5. The van der Waals surface area contributed by atoms with Gasteiger partial charge in [0.25, 0.3) is 0 Å². The number of hydrogen-bond donors (Lipinski definition) is 1. The SMILES string of the molecule is COC(=O)c1csc(NCC(C)(C)N(C)C)n1. The first kappa shape index (κ1) is 13.9. The number of ether oxygens (including phenoxy) is 1. The number of methoxy groups -OCH3 is 1. The molecule has 0 fully saturated rings. The third-order valence-corrected chi connectivity index (χ3v) is 3.58. The van der Waals surface area contributed by atoms with Crippen molar-refractivity contribution in [2.75, 3.05) is 33.1 Å². The van der Waals surface area contributed by atoms with Gasteiger partial charge < -0.3 is 15.0 Å². The Morgan fingerprint density at radius 1 is 1.59 bits per heavy atom. The van der Waals surface area contributed by atoms with Gasteiger partial charge in [-0.05, 0) is 27.9 Å². The second-order valence-electron chi connectivity index (χ2n) is 4.59. The van der Waals surface area contributed by atoms with Crippen molar-refractivity contribution >= 4 is 22.4 Å². The number of aromatic nitrogens is 1. The third-order valence-electron chi connectivity index (χ3n) is 2.78. The first-order chi connectivity index (χ1) is 7.86. The van der Waals surface area contributed by atoms with E-state index in [1.54, 1.807) is 5.38 Å². The molecule has 5 nitrogen and oxygen atoms in total. The van der Waals surface area contributed by atoms with E-state index in [1.807, 2.05) is 14.1 Å². The van der Waals surface area contributed by atoms with E-state index >= 15 is 0 Å². The third kappa shape index (κ3) is 3.67. The van der Waals surface area contributed by atoms with Crippen LogP contribution in [0.2, 0.25) is 0 Å². The zero-order valence-corrected chi connectivity index (χ0v) is 11.7. The molecule has 6 heteroatoms. The van der Waals surface area contributed by atoms with Crippen molar-refractivity contribution in [1.29, 1.82) is 0 Å². The van der Waals surface area contributed by atoms with E-state index in [0.29, 0.717) is 5.69 Å². The van der Waals surface area contributed by atoms with Crippen LogP contribution in [-0.4, -0.2) is 49.1 Å². The lowest BCUT2D eigenvalue weighted by Crippen LogP contribution is -2.44. The standard InChI is InChI=1S/C11H19N3O2S/c1-11(2,14(3)4)7-12-10-13-8(6-17-10)9(15)16-5/h6H,7H2,1-5H3,(H,12,13). The second kappa shape index (κ2) is 5.46. The van der Waals surface area contributed by atoms with Gasteiger partial charge in [-0.1, -0.05) is 0 Å². The van der Waals surface area contributed by atoms with E-state index in [-0.39, 0.29) is 5.54 Å². The first-order valence-electron chi connectivity index (χ1n) is 5.32. The molecule has 1 heterocycles. The molecule has 0 bridgehead atoms. The Kier molecular flexibility index (Phi) is 4.47. The molecule has 0 spiro atoms. The summed E-state index contributed by atoms with van der Waals surface area (Å²) in [5.41, 5.74) is 0.375. The summed E-state index contributed by atoms with van der Waals surface area (Å²) in [4.78, 5) is 17.5. The molecule has 96 valence electrons. The van der Waals surface area contributed by atoms with Crippen molar-refractivity contribution in [3.05, 3.63) is 11.1 Å². The van der Waals surface area contributed by atoms with Gasteiger partial charge in [0, 0.05) is 17.5 Å². The molecule has 0 aliphatic carbocycles. The van der Waals surface area contributed by atoms with Gasteiger partial charge in [0.1, 0.15) is 0 Å². The summed E-state index contributed by atoms with van der Waals surface area (Å²) in [6.45, 7) is 5.03. The van der Waals surface area contributed by atoms with Crippen LogP contribution >= 0.6 is 11.3 Å². The summed E-state index contributed by atoms with van der Waals surface area (Å²) in [6, 6.07) is 0. The van der Waals surface area contributed by atoms with Gasteiger partial charge in [0.05, 0.1) is 7.11 Å². The highest BCUT2D eigenvalue weighted by atomic mass is 32.1. The van der Waals surface area contributed by atoms with Crippen LogP contribution in [0.25, 0.3) is 0 Å². The van der Waals surface area contributed by atoms with Crippen molar-refractivity contribution in [3.63, 3.8) is 0 Å². The molecule has 1 aromatic rings. The highest BCUT2D eigenvalue weighted by Gasteiger charge is 2.20. The predicted octanol–water partition coefficient (Wildman–Crippen LogP) is 1.68. The molecule has 0 aliphatic heterocycles. The minimum Gasteiger partial charge on any atom is -0.464 e. The molecule has 0 amide bonds. The predicted molar refractivity (Wildman–Crippen MR) is 69.7 cm³/mol. The van der Waals surface area contributed by atoms with Gasteiger partial charge in [0.2, 0.25) is 0 Å². The Balaban J connectivity index is 2.59. The molecule has 0 aliphatic rings. The average Bonchev–Trinajstić information content (AvgIpc) is 2.74. The van der Waals surface area contributed by atoms with Gasteiger partial charge in [-0.3, -0.25) is 0 Å². The normalized spacial score (nSPS) is 11.6. The van der Waals surface area contributed by atoms with Crippen LogP contribution in [0.5, 0.6) is 0 Å².